The van der Waals surface area contributed by atoms with Gasteiger partial charge in [-0.3, -0.25) is 9.78 Å². The Hall–Kier alpha value is -1.91. The number of H-pyrrole nitrogens is 1. The Morgan fingerprint density at radius 3 is 2.81 bits per heavy atom. The van der Waals surface area contributed by atoms with Crippen molar-refractivity contribution < 1.29 is 9.53 Å². The number of Topliss-reactive ketones (excluding diaryl/α,β-unsaturated/α-hetero) is 1. The fourth-order valence-electron chi connectivity index (χ4n) is 4.49. The summed E-state index contributed by atoms with van der Waals surface area (Å²) < 4.78 is 5.33. The minimum atomic E-state index is -0.471. The van der Waals surface area contributed by atoms with E-state index in [0.29, 0.717) is 23.9 Å². The van der Waals surface area contributed by atoms with Crippen LogP contribution >= 0.6 is 0 Å². The molecule has 2 bridgehead atoms. The number of fused-ring (bicyclic) bond motifs is 3. The minimum Gasteiger partial charge on any atom is -0.493 e. The Balaban J connectivity index is 1.96. The smallest absolute Gasteiger partial charge is 0.164 e. The summed E-state index contributed by atoms with van der Waals surface area (Å²) in [6, 6.07) is 0. The molecule has 21 heavy (non-hydrogen) atoms. The molecule has 0 amide bonds. The summed E-state index contributed by atoms with van der Waals surface area (Å²) in [5.74, 6) is 2.23. The van der Waals surface area contributed by atoms with E-state index in [-0.39, 0.29) is 5.41 Å². The van der Waals surface area contributed by atoms with Gasteiger partial charge < -0.3 is 9.72 Å². The molecule has 0 radical (unpaired) electrons. The van der Waals surface area contributed by atoms with E-state index in [1.54, 1.807) is 19.5 Å². The van der Waals surface area contributed by atoms with Crippen molar-refractivity contribution in [3.63, 3.8) is 0 Å². The molecule has 0 saturated heterocycles. The Morgan fingerprint density at radius 2 is 2.19 bits per heavy atom. The highest BCUT2D eigenvalue weighted by Crippen LogP contribution is 2.64. The fraction of sp³-hybridized carbons (Fsp3) is 0.562. The van der Waals surface area contributed by atoms with Gasteiger partial charge >= 0.3 is 0 Å². The van der Waals surface area contributed by atoms with Crippen LogP contribution in [0.2, 0.25) is 0 Å². The van der Waals surface area contributed by atoms with Crippen LogP contribution in [0, 0.1) is 11.3 Å². The van der Waals surface area contributed by atoms with Gasteiger partial charge in [0.15, 0.2) is 5.75 Å². The topological polar surface area (TPSA) is 67.9 Å². The SMILES string of the molecule is COc1cncc2[nH]c(C34CCC(CC3=O)C4(C)C)nc12. The molecule has 2 heterocycles. The first-order valence-electron chi connectivity index (χ1n) is 7.42. The van der Waals surface area contributed by atoms with Crippen LogP contribution in [0.5, 0.6) is 5.75 Å². The summed E-state index contributed by atoms with van der Waals surface area (Å²) in [7, 11) is 1.61. The van der Waals surface area contributed by atoms with Crippen LogP contribution in [-0.4, -0.2) is 27.8 Å². The maximum atomic E-state index is 12.7. The Kier molecular flexibility index (Phi) is 2.34. The van der Waals surface area contributed by atoms with E-state index in [4.69, 9.17) is 9.72 Å². The van der Waals surface area contributed by atoms with Crippen LogP contribution < -0.4 is 4.74 Å². The first kappa shape index (κ1) is 12.8. The van der Waals surface area contributed by atoms with E-state index in [9.17, 15) is 4.79 Å². The molecule has 0 spiro atoms. The lowest BCUT2D eigenvalue weighted by atomic mass is 9.68. The summed E-state index contributed by atoms with van der Waals surface area (Å²) in [5.41, 5.74) is 1.08. The van der Waals surface area contributed by atoms with Crippen molar-refractivity contribution in [1.82, 2.24) is 15.0 Å². The minimum absolute atomic E-state index is 0.0430. The lowest BCUT2D eigenvalue weighted by Crippen LogP contribution is -2.41. The maximum absolute atomic E-state index is 12.7. The Morgan fingerprint density at radius 1 is 1.38 bits per heavy atom. The molecule has 5 nitrogen and oxygen atoms in total. The van der Waals surface area contributed by atoms with Gasteiger partial charge in [0.25, 0.3) is 0 Å². The molecule has 5 heteroatoms. The molecule has 2 aliphatic carbocycles. The number of nitrogens with one attached hydrogen (secondary N) is 1. The average Bonchev–Trinajstić information content (AvgIpc) is 3.05. The highest BCUT2D eigenvalue weighted by molar-refractivity contribution is 5.95. The number of aromatic nitrogens is 3. The third-order valence-corrected chi connectivity index (χ3v) is 5.88. The van der Waals surface area contributed by atoms with Crippen LogP contribution in [0.4, 0.5) is 0 Å². The molecule has 2 aliphatic rings. The number of carbonyl (C=O) groups is 1. The molecule has 0 aromatic carbocycles. The van der Waals surface area contributed by atoms with Crippen LogP contribution in [0.15, 0.2) is 12.4 Å². The number of ether oxygens (including phenoxy) is 1. The second kappa shape index (κ2) is 3.84. The molecule has 2 aromatic heterocycles. The van der Waals surface area contributed by atoms with Crippen molar-refractivity contribution in [2.75, 3.05) is 7.11 Å². The Bertz CT molecular complexity index is 749. The second-order valence-corrected chi connectivity index (χ2v) is 6.81. The summed E-state index contributed by atoms with van der Waals surface area (Å²) in [5, 5.41) is 0. The van der Waals surface area contributed by atoms with E-state index < -0.39 is 5.41 Å². The van der Waals surface area contributed by atoms with Crippen molar-refractivity contribution in [2.24, 2.45) is 11.3 Å². The molecular weight excluding hydrogens is 266 g/mol. The molecule has 2 saturated carbocycles. The number of aromatic amines is 1. The van der Waals surface area contributed by atoms with E-state index >= 15 is 0 Å². The summed E-state index contributed by atoms with van der Waals surface area (Å²) in [4.78, 5) is 24.9. The van der Waals surface area contributed by atoms with Crippen LogP contribution in [0.25, 0.3) is 11.0 Å². The molecular formula is C16H19N3O2. The number of hydrogen-bond donors (Lipinski definition) is 1. The number of nitrogens with zero attached hydrogens (tertiary/aromatic N) is 2. The van der Waals surface area contributed by atoms with Crippen molar-refractivity contribution in [1.29, 1.82) is 0 Å². The first-order valence-corrected chi connectivity index (χ1v) is 7.42. The largest absolute Gasteiger partial charge is 0.493 e. The molecule has 2 fully saturated rings. The van der Waals surface area contributed by atoms with Gasteiger partial charge in [0.1, 0.15) is 17.1 Å². The zero-order valence-electron chi connectivity index (χ0n) is 12.6. The lowest BCUT2D eigenvalue weighted by molar-refractivity contribution is -0.124. The van der Waals surface area contributed by atoms with Gasteiger partial charge in [0, 0.05) is 6.42 Å². The maximum Gasteiger partial charge on any atom is 0.164 e. The molecule has 110 valence electrons. The molecule has 4 rings (SSSR count). The number of imidazole rings is 1. The van der Waals surface area contributed by atoms with Crippen molar-refractivity contribution in [3.05, 3.63) is 18.2 Å². The highest BCUT2D eigenvalue weighted by Gasteiger charge is 2.66. The first-order chi connectivity index (χ1) is 10.0. The quantitative estimate of drug-likeness (QED) is 0.921. The van der Waals surface area contributed by atoms with Crippen LogP contribution in [-0.2, 0) is 10.2 Å². The second-order valence-electron chi connectivity index (χ2n) is 6.81. The van der Waals surface area contributed by atoms with E-state index in [1.807, 2.05) is 0 Å². The number of hydrogen-bond acceptors (Lipinski definition) is 4. The normalized spacial score (nSPS) is 30.2. The number of pyridine rings is 1. The van der Waals surface area contributed by atoms with E-state index in [0.717, 1.165) is 29.7 Å². The number of rotatable bonds is 2. The summed E-state index contributed by atoms with van der Waals surface area (Å²) >= 11 is 0. The van der Waals surface area contributed by atoms with Crippen molar-refractivity contribution in [2.45, 2.75) is 38.5 Å². The standard InChI is InChI=1S/C16H19N3O2/c1-15(2)9-4-5-16(15,12(20)6-9)14-18-10-7-17-8-11(21-3)13(10)19-14/h7-9H,4-6H2,1-3H3,(H,18,19). The van der Waals surface area contributed by atoms with Gasteiger partial charge in [-0.25, -0.2) is 4.98 Å². The third-order valence-electron chi connectivity index (χ3n) is 5.88. The fourth-order valence-corrected chi connectivity index (χ4v) is 4.49. The number of ketones is 1. The zero-order valence-corrected chi connectivity index (χ0v) is 12.6. The lowest BCUT2D eigenvalue weighted by Gasteiger charge is -2.34. The third kappa shape index (κ3) is 1.34. The van der Waals surface area contributed by atoms with Gasteiger partial charge in [-0.1, -0.05) is 13.8 Å². The van der Waals surface area contributed by atoms with Gasteiger partial charge in [-0.15, -0.1) is 0 Å². The predicted octanol–water partition coefficient (Wildman–Crippen LogP) is 2.61. The van der Waals surface area contributed by atoms with Crippen LogP contribution in [0.1, 0.15) is 38.9 Å². The molecule has 2 atom stereocenters. The number of methoxy groups -OCH3 is 1. The summed E-state index contributed by atoms with van der Waals surface area (Å²) in [6.45, 7) is 4.41. The van der Waals surface area contributed by atoms with Crippen molar-refractivity contribution in [3.8, 4) is 5.75 Å². The van der Waals surface area contributed by atoms with E-state index in [2.05, 4.69) is 23.8 Å². The average molecular weight is 285 g/mol. The predicted molar refractivity (Wildman–Crippen MR) is 78.2 cm³/mol. The monoisotopic (exact) mass is 285 g/mol. The van der Waals surface area contributed by atoms with Gasteiger partial charge in [0.2, 0.25) is 0 Å². The number of carbonyl (C=O) groups excluding carboxylic acids is 1. The molecule has 2 aromatic rings. The van der Waals surface area contributed by atoms with Crippen molar-refractivity contribution >= 4 is 16.8 Å². The Labute approximate surface area is 123 Å². The van der Waals surface area contributed by atoms with Gasteiger partial charge in [0.05, 0.1) is 30.4 Å². The van der Waals surface area contributed by atoms with Crippen LogP contribution in [0.3, 0.4) is 0 Å². The molecule has 2 unspecified atom stereocenters. The summed E-state index contributed by atoms with van der Waals surface area (Å²) in [6.07, 6.45) is 6.07. The highest BCUT2D eigenvalue weighted by atomic mass is 16.5. The van der Waals surface area contributed by atoms with Gasteiger partial charge in [-0.05, 0) is 24.2 Å². The molecule has 0 aliphatic heterocycles. The molecule has 1 N–H and O–H groups in total. The zero-order chi connectivity index (χ0) is 14.8. The van der Waals surface area contributed by atoms with E-state index in [1.165, 1.54) is 0 Å². The van der Waals surface area contributed by atoms with Gasteiger partial charge in [-0.2, -0.15) is 0 Å².